The van der Waals surface area contributed by atoms with E-state index in [0.29, 0.717) is 5.69 Å². The fraction of sp³-hybridized carbons (Fsp3) is 0.455. The Morgan fingerprint density at radius 1 is 0.966 bits per heavy atom. The van der Waals surface area contributed by atoms with Crippen molar-refractivity contribution in [3.8, 4) is 11.5 Å². The number of methoxy groups -OCH3 is 2. The second-order valence-electron chi connectivity index (χ2n) is 7.64. The van der Waals surface area contributed by atoms with E-state index in [1.165, 1.54) is 11.1 Å². The molecule has 29 heavy (non-hydrogen) atoms. The molecule has 1 aromatic carbocycles. The summed E-state index contributed by atoms with van der Waals surface area (Å²) < 4.78 is 10.9. The Hall–Kier alpha value is -2.80. The molecule has 2 aliphatic rings. The molecule has 4 rings (SSSR count). The molecule has 154 valence electrons. The number of hydrogen-bond acceptors (Lipinski definition) is 6. The van der Waals surface area contributed by atoms with E-state index >= 15 is 0 Å². The Labute approximate surface area is 171 Å². The molecule has 7 heteroatoms. The summed E-state index contributed by atoms with van der Waals surface area (Å²) >= 11 is 0. The molecule has 3 heterocycles. The first-order valence-electron chi connectivity index (χ1n) is 10.0. The highest BCUT2D eigenvalue weighted by molar-refractivity contribution is 5.93. The van der Waals surface area contributed by atoms with Crippen molar-refractivity contribution in [2.45, 2.75) is 13.0 Å². The highest BCUT2D eigenvalue weighted by Gasteiger charge is 2.24. The molecule has 7 nitrogen and oxygen atoms in total. The van der Waals surface area contributed by atoms with Crippen molar-refractivity contribution in [3.05, 3.63) is 47.3 Å². The van der Waals surface area contributed by atoms with Crippen LogP contribution >= 0.6 is 0 Å². The third-order valence-corrected chi connectivity index (χ3v) is 5.84. The number of aromatic nitrogens is 1. The molecule has 1 saturated heterocycles. The number of fused-ring (bicyclic) bond motifs is 1. The molecule has 1 fully saturated rings. The van der Waals surface area contributed by atoms with Gasteiger partial charge in [0.2, 0.25) is 0 Å². The molecule has 1 aromatic heterocycles. The Bertz CT molecular complexity index is 894. The maximum Gasteiger partial charge on any atom is 0.272 e. The summed E-state index contributed by atoms with van der Waals surface area (Å²) in [5.74, 6) is 1.53. The number of benzene rings is 1. The van der Waals surface area contributed by atoms with Gasteiger partial charge in [0.25, 0.3) is 5.91 Å². The van der Waals surface area contributed by atoms with E-state index in [1.54, 1.807) is 20.4 Å². The van der Waals surface area contributed by atoms with Gasteiger partial charge in [-0.3, -0.25) is 9.78 Å². The number of carbonyl (C=O) groups is 1. The molecule has 0 radical (unpaired) electrons. The molecule has 0 bridgehead atoms. The van der Waals surface area contributed by atoms with Crippen molar-refractivity contribution < 1.29 is 14.3 Å². The Morgan fingerprint density at radius 2 is 1.66 bits per heavy atom. The zero-order valence-electron chi connectivity index (χ0n) is 17.4. The Morgan fingerprint density at radius 3 is 2.34 bits per heavy atom. The number of ether oxygens (including phenoxy) is 2. The molecule has 0 spiro atoms. The van der Waals surface area contributed by atoms with Gasteiger partial charge in [0.15, 0.2) is 11.5 Å². The van der Waals surface area contributed by atoms with Crippen LogP contribution in [0.1, 0.15) is 21.6 Å². The first-order chi connectivity index (χ1) is 14.1. The van der Waals surface area contributed by atoms with Gasteiger partial charge in [-0.25, -0.2) is 0 Å². The van der Waals surface area contributed by atoms with Gasteiger partial charge in [0.05, 0.1) is 14.2 Å². The lowest BCUT2D eigenvalue weighted by Crippen LogP contribution is -2.47. The van der Waals surface area contributed by atoms with E-state index in [-0.39, 0.29) is 5.91 Å². The maximum atomic E-state index is 12.9. The minimum absolute atomic E-state index is 0.0174. The van der Waals surface area contributed by atoms with Crippen LogP contribution in [0, 0.1) is 0 Å². The van der Waals surface area contributed by atoms with Gasteiger partial charge < -0.3 is 24.2 Å². The van der Waals surface area contributed by atoms with Crippen LogP contribution in [0.3, 0.4) is 0 Å². The lowest BCUT2D eigenvalue weighted by atomic mass is 9.98. The van der Waals surface area contributed by atoms with E-state index in [2.05, 4.69) is 34.0 Å². The van der Waals surface area contributed by atoms with E-state index in [1.807, 2.05) is 17.0 Å². The van der Waals surface area contributed by atoms with Crippen LogP contribution < -0.4 is 14.4 Å². The summed E-state index contributed by atoms with van der Waals surface area (Å²) in [6.07, 6.45) is 2.66. The predicted molar refractivity (Wildman–Crippen MR) is 112 cm³/mol. The van der Waals surface area contributed by atoms with Crippen LogP contribution in [0.4, 0.5) is 5.69 Å². The minimum atomic E-state index is 0.0174. The predicted octanol–water partition coefficient (Wildman–Crippen LogP) is 2.05. The van der Waals surface area contributed by atoms with Crippen LogP contribution in [0.2, 0.25) is 0 Å². The fourth-order valence-electron chi connectivity index (χ4n) is 4.01. The van der Waals surface area contributed by atoms with Crippen molar-refractivity contribution in [2.24, 2.45) is 0 Å². The number of amides is 1. The smallest absolute Gasteiger partial charge is 0.272 e. The third-order valence-electron chi connectivity index (χ3n) is 5.84. The molecule has 2 aromatic rings. The highest BCUT2D eigenvalue weighted by atomic mass is 16.5. The number of piperazine rings is 1. The van der Waals surface area contributed by atoms with Gasteiger partial charge in [0, 0.05) is 51.2 Å². The zero-order valence-corrected chi connectivity index (χ0v) is 17.4. The number of rotatable bonds is 4. The first kappa shape index (κ1) is 19.5. The molecule has 0 N–H and O–H groups in total. The van der Waals surface area contributed by atoms with Gasteiger partial charge in [-0.15, -0.1) is 0 Å². The fourth-order valence-corrected chi connectivity index (χ4v) is 4.01. The Kier molecular flexibility index (Phi) is 5.58. The monoisotopic (exact) mass is 396 g/mol. The lowest BCUT2D eigenvalue weighted by Gasteiger charge is -2.33. The molecule has 0 saturated carbocycles. The van der Waals surface area contributed by atoms with E-state index in [4.69, 9.17) is 9.47 Å². The number of nitrogens with zero attached hydrogens (tertiary/aromatic N) is 4. The van der Waals surface area contributed by atoms with E-state index < -0.39 is 0 Å². The number of likely N-dealkylation sites (N-methyl/N-ethyl adjacent to an activating group) is 1. The van der Waals surface area contributed by atoms with Crippen LogP contribution in [0.25, 0.3) is 0 Å². The maximum absolute atomic E-state index is 12.9. The second kappa shape index (κ2) is 8.29. The van der Waals surface area contributed by atoms with Crippen molar-refractivity contribution >= 4 is 11.6 Å². The SMILES string of the molecule is COc1cc2c(cc1OC)CN(c1ccnc(C(=O)N3CCN(C)CC3)c1)CC2. The molecule has 0 unspecified atom stereocenters. The number of pyridine rings is 1. The van der Waals surface area contributed by atoms with Gasteiger partial charge in [0.1, 0.15) is 5.69 Å². The van der Waals surface area contributed by atoms with Gasteiger partial charge in [-0.05, 0) is 48.9 Å². The Balaban J connectivity index is 1.53. The zero-order chi connectivity index (χ0) is 20.4. The van der Waals surface area contributed by atoms with Gasteiger partial charge in [-0.1, -0.05) is 0 Å². The first-order valence-corrected chi connectivity index (χ1v) is 10.0. The summed E-state index contributed by atoms with van der Waals surface area (Å²) in [5, 5.41) is 0. The van der Waals surface area contributed by atoms with Crippen LogP contribution in [0.5, 0.6) is 11.5 Å². The molecule has 0 atom stereocenters. The normalized spacial score (nSPS) is 17.1. The number of anilines is 1. The van der Waals surface area contributed by atoms with Crippen LogP contribution in [-0.4, -0.2) is 74.7 Å². The minimum Gasteiger partial charge on any atom is -0.493 e. The molecule has 2 aliphatic heterocycles. The molecule has 1 amide bonds. The number of carbonyl (C=O) groups excluding carboxylic acids is 1. The summed E-state index contributed by atoms with van der Waals surface area (Å²) in [5.41, 5.74) is 4.04. The standard InChI is InChI=1S/C22H28N4O3/c1-24-8-10-25(11-9-24)22(27)19-14-18(4-6-23-19)26-7-5-16-12-20(28-2)21(29-3)13-17(16)15-26/h4,6,12-14H,5,7-11,15H2,1-3H3. The number of hydrogen-bond donors (Lipinski definition) is 0. The van der Waals surface area contributed by atoms with Gasteiger partial charge in [-0.2, -0.15) is 0 Å². The quantitative estimate of drug-likeness (QED) is 0.789. The molecular weight excluding hydrogens is 368 g/mol. The van der Waals surface area contributed by atoms with E-state index in [0.717, 1.165) is 62.9 Å². The van der Waals surface area contributed by atoms with Crippen molar-refractivity contribution in [1.29, 1.82) is 0 Å². The average Bonchev–Trinajstić information content (AvgIpc) is 2.77. The summed E-state index contributed by atoms with van der Waals surface area (Å²) in [6, 6.07) is 8.02. The van der Waals surface area contributed by atoms with Crippen molar-refractivity contribution in [3.63, 3.8) is 0 Å². The van der Waals surface area contributed by atoms with Crippen LogP contribution in [-0.2, 0) is 13.0 Å². The summed E-state index contributed by atoms with van der Waals surface area (Å²) in [7, 11) is 5.40. The average molecular weight is 396 g/mol. The summed E-state index contributed by atoms with van der Waals surface area (Å²) in [4.78, 5) is 23.7. The lowest BCUT2D eigenvalue weighted by molar-refractivity contribution is 0.0658. The summed E-state index contributed by atoms with van der Waals surface area (Å²) in [6.45, 7) is 4.95. The van der Waals surface area contributed by atoms with Gasteiger partial charge >= 0.3 is 0 Å². The van der Waals surface area contributed by atoms with Crippen LogP contribution in [0.15, 0.2) is 30.5 Å². The van der Waals surface area contributed by atoms with Crippen molar-refractivity contribution in [2.75, 3.05) is 58.9 Å². The highest BCUT2D eigenvalue weighted by Crippen LogP contribution is 2.34. The third kappa shape index (κ3) is 4.00. The van der Waals surface area contributed by atoms with E-state index in [9.17, 15) is 4.79 Å². The molecular formula is C22H28N4O3. The van der Waals surface area contributed by atoms with Crippen molar-refractivity contribution in [1.82, 2.24) is 14.8 Å². The topological polar surface area (TPSA) is 58.1 Å². The molecule has 0 aliphatic carbocycles. The largest absolute Gasteiger partial charge is 0.493 e. The second-order valence-corrected chi connectivity index (χ2v) is 7.64.